The maximum absolute atomic E-state index is 13.4. The second kappa shape index (κ2) is 6.05. The van der Waals surface area contributed by atoms with Gasteiger partial charge in [-0.3, -0.25) is 4.79 Å². The Morgan fingerprint density at radius 1 is 1.10 bits per heavy atom. The Labute approximate surface area is 124 Å². The minimum absolute atomic E-state index is 0.216. The minimum Gasteiger partial charge on any atom is -0.496 e. The zero-order chi connectivity index (χ0) is 14.7. The van der Waals surface area contributed by atoms with E-state index in [2.05, 4.69) is 15.9 Å². The summed E-state index contributed by atoms with van der Waals surface area (Å²) in [4.78, 5) is 12.6. The van der Waals surface area contributed by atoms with E-state index in [0.29, 0.717) is 16.0 Å². The Kier molecular flexibility index (Phi) is 4.39. The van der Waals surface area contributed by atoms with Crippen molar-refractivity contribution in [2.75, 3.05) is 14.2 Å². The third-order valence-electron chi connectivity index (χ3n) is 2.83. The maximum atomic E-state index is 13.4. The lowest BCUT2D eigenvalue weighted by Crippen LogP contribution is -2.07. The van der Waals surface area contributed by atoms with E-state index >= 15 is 0 Å². The molecule has 2 rings (SSSR count). The van der Waals surface area contributed by atoms with Gasteiger partial charge in [-0.1, -0.05) is 22.0 Å². The van der Waals surface area contributed by atoms with E-state index in [1.54, 1.807) is 18.2 Å². The Morgan fingerprint density at radius 3 is 2.25 bits per heavy atom. The fourth-order valence-corrected chi connectivity index (χ4v) is 2.31. The molecule has 0 amide bonds. The number of methoxy groups -OCH3 is 2. The number of hydrogen-bond donors (Lipinski definition) is 0. The molecule has 0 fully saturated rings. The van der Waals surface area contributed by atoms with Gasteiger partial charge in [0.05, 0.1) is 14.2 Å². The molecule has 0 aliphatic heterocycles. The van der Waals surface area contributed by atoms with Crippen LogP contribution in [0.3, 0.4) is 0 Å². The molecular formula is C15H12BrFO3. The summed E-state index contributed by atoms with van der Waals surface area (Å²) in [7, 11) is 2.93. The molecule has 0 heterocycles. The molecule has 0 bridgehead atoms. The molecule has 0 spiro atoms. The number of rotatable bonds is 4. The topological polar surface area (TPSA) is 35.5 Å². The van der Waals surface area contributed by atoms with Crippen molar-refractivity contribution in [3.63, 3.8) is 0 Å². The van der Waals surface area contributed by atoms with Crippen molar-refractivity contribution in [2.24, 2.45) is 0 Å². The number of hydrogen-bond acceptors (Lipinski definition) is 3. The lowest BCUT2D eigenvalue weighted by atomic mass is 10.0. The first-order valence-corrected chi connectivity index (χ1v) is 6.58. The van der Waals surface area contributed by atoms with Gasteiger partial charge in [-0.15, -0.1) is 0 Å². The summed E-state index contributed by atoms with van der Waals surface area (Å²) in [6.07, 6.45) is 0. The Bertz CT molecular complexity index is 633. The number of halogens is 2. The molecule has 0 aliphatic carbocycles. The summed E-state index contributed by atoms with van der Waals surface area (Å²) in [6, 6.07) is 8.98. The molecular weight excluding hydrogens is 327 g/mol. The first kappa shape index (κ1) is 14.5. The molecule has 5 heteroatoms. The van der Waals surface area contributed by atoms with E-state index < -0.39 is 5.82 Å². The van der Waals surface area contributed by atoms with E-state index in [1.165, 1.54) is 32.4 Å². The monoisotopic (exact) mass is 338 g/mol. The van der Waals surface area contributed by atoms with Gasteiger partial charge in [0.25, 0.3) is 0 Å². The summed E-state index contributed by atoms with van der Waals surface area (Å²) < 4.78 is 24.2. The average molecular weight is 339 g/mol. The zero-order valence-corrected chi connectivity index (χ0v) is 12.5. The predicted octanol–water partition coefficient (Wildman–Crippen LogP) is 3.84. The van der Waals surface area contributed by atoms with Gasteiger partial charge in [0.1, 0.15) is 22.9 Å². The highest BCUT2D eigenvalue weighted by Gasteiger charge is 2.22. The van der Waals surface area contributed by atoms with E-state index in [-0.39, 0.29) is 16.9 Å². The van der Waals surface area contributed by atoms with Gasteiger partial charge in [-0.25, -0.2) is 4.39 Å². The second-order valence-corrected chi connectivity index (χ2v) is 4.85. The zero-order valence-electron chi connectivity index (χ0n) is 10.9. The fraction of sp³-hybridized carbons (Fsp3) is 0.133. The standard InChI is InChI=1S/C15H12BrFO3/c1-19-12-4-3-5-13(20-2)14(12)15(18)10-8-9(17)6-7-11(10)16/h3-8H,1-2H3. The fourth-order valence-electron chi connectivity index (χ4n) is 1.88. The van der Waals surface area contributed by atoms with Crippen LogP contribution in [0, 0.1) is 5.82 Å². The normalized spacial score (nSPS) is 10.2. The van der Waals surface area contributed by atoms with Gasteiger partial charge < -0.3 is 9.47 Å². The van der Waals surface area contributed by atoms with Crippen LogP contribution < -0.4 is 9.47 Å². The molecule has 0 atom stereocenters. The van der Waals surface area contributed by atoms with Crippen molar-refractivity contribution >= 4 is 21.7 Å². The summed E-state index contributed by atoms with van der Waals surface area (Å²) in [5.74, 6) is -0.0906. The molecule has 0 saturated carbocycles. The highest BCUT2D eigenvalue weighted by Crippen LogP contribution is 2.32. The van der Waals surface area contributed by atoms with Crippen LogP contribution in [-0.4, -0.2) is 20.0 Å². The van der Waals surface area contributed by atoms with Crippen LogP contribution in [0.15, 0.2) is 40.9 Å². The summed E-state index contributed by atoms with van der Waals surface area (Å²) >= 11 is 3.25. The molecule has 0 aliphatic rings. The Morgan fingerprint density at radius 2 is 1.70 bits per heavy atom. The van der Waals surface area contributed by atoms with E-state index in [0.717, 1.165) is 0 Å². The maximum Gasteiger partial charge on any atom is 0.201 e. The van der Waals surface area contributed by atoms with Crippen LogP contribution in [0.25, 0.3) is 0 Å². The first-order chi connectivity index (χ1) is 9.58. The highest BCUT2D eigenvalue weighted by molar-refractivity contribution is 9.10. The van der Waals surface area contributed by atoms with Gasteiger partial charge in [-0.2, -0.15) is 0 Å². The quantitative estimate of drug-likeness (QED) is 0.794. The van der Waals surface area contributed by atoms with Crippen LogP contribution in [0.5, 0.6) is 11.5 Å². The molecule has 2 aromatic rings. The van der Waals surface area contributed by atoms with E-state index in [1.807, 2.05) is 0 Å². The molecule has 0 saturated heterocycles. The van der Waals surface area contributed by atoms with Crippen molar-refractivity contribution < 1.29 is 18.7 Å². The van der Waals surface area contributed by atoms with Crippen LogP contribution in [0.1, 0.15) is 15.9 Å². The van der Waals surface area contributed by atoms with Crippen molar-refractivity contribution in [1.29, 1.82) is 0 Å². The third kappa shape index (κ3) is 2.67. The third-order valence-corrected chi connectivity index (χ3v) is 3.52. The molecule has 0 aromatic heterocycles. The predicted molar refractivity (Wildman–Crippen MR) is 77.1 cm³/mol. The van der Waals surface area contributed by atoms with Gasteiger partial charge in [0.15, 0.2) is 0 Å². The second-order valence-electron chi connectivity index (χ2n) is 3.99. The van der Waals surface area contributed by atoms with Crippen molar-refractivity contribution in [3.8, 4) is 11.5 Å². The van der Waals surface area contributed by atoms with Gasteiger partial charge in [0.2, 0.25) is 5.78 Å². The SMILES string of the molecule is COc1cccc(OC)c1C(=O)c1cc(F)ccc1Br. The molecule has 20 heavy (non-hydrogen) atoms. The smallest absolute Gasteiger partial charge is 0.201 e. The van der Waals surface area contributed by atoms with Crippen molar-refractivity contribution in [3.05, 3.63) is 57.8 Å². The van der Waals surface area contributed by atoms with Crippen LogP contribution in [-0.2, 0) is 0 Å². The molecule has 104 valence electrons. The number of ether oxygens (including phenoxy) is 2. The molecule has 2 aromatic carbocycles. The number of ketones is 1. The van der Waals surface area contributed by atoms with Crippen LogP contribution in [0.2, 0.25) is 0 Å². The number of carbonyl (C=O) groups is 1. The summed E-state index contributed by atoms with van der Waals surface area (Å²) in [5.41, 5.74) is 0.483. The van der Waals surface area contributed by atoms with Crippen LogP contribution >= 0.6 is 15.9 Å². The molecule has 0 N–H and O–H groups in total. The van der Waals surface area contributed by atoms with Crippen molar-refractivity contribution in [1.82, 2.24) is 0 Å². The van der Waals surface area contributed by atoms with E-state index in [9.17, 15) is 9.18 Å². The summed E-state index contributed by atoms with van der Waals surface area (Å²) in [5, 5.41) is 0. The van der Waals surface area contributed by atoms with Gasteiger partial charge >= 0.3 is 0 Å². The highest BCUT2D eigenvalue weighted by atomic mass is 79.9. The largest absolute Gasteiger partial charge is 0.496 e. The molecule has 3 nitrogen and oxygen atoms in total. The number of carbonyl (C=O) groups excluding carboxylic acids is 1. The van der Waals surface area contributed by atoms with Gasteiger partial charge in [0, 0.05) is 10.0 Å². The Hall–Kier alpha value is -1.88. The Balaban J connectivity index is 2.61. The van der Waals surface area contributed by atoms with Crippen molar-refractivity contribution in [2.45, 2.75) is 0 Å². The summed E-state index contributed by atoms with van der Waals surface area (Å²) in [6.45, 7) is 0. The average Bonchev–Trinajstić information content (AvgIpc) is 2.48. The van der Waals surface area contributed by atoms with E-state index in [4.69, 9.17) is 9.47 Å². The molecule has 0 radical (unpaired) electrons. The first-order valence-electron chi connectivity index (χ1n) is 5.79. The molecule has 0 unspecified atom stereocenters. The minimum atomic E-state index is -0.481. The number of benzene rings is 2. The van der Waals surface area contributed by atoms with Crippen LogP contribution in [0.4, 0.5) is 4.39 Å². The lowest BCUT2D eigenvalue weighted by Gasteiger charge is -2.12. The lowest BCUT2D eigenvalue weighted by molar-refractivity contribution is 0.103. The van der Waals surface area contributed by atoms with Gasteiger partial charge in [-0.05, 0) is 30.3 Å².